The van der Waals surface area contributed by atoms with Crippen LogP contribution in [0.15, 0.2) is 18.2 Å². The van der Waals surface area contributed by atoms with Gasteiger partial charge in [-0.05, 0) is 37.1 Å². The Balaban J connectivity index is 2.27. The van der Waals surface area contributed by atoms with E-state index in [1.165, 1.54) is 27.8 Å². The average Bonchev–Trinajstić information content (AvgIpc) is 2.79. The molecule has 0 fully saturated rings. The lowest BCUT2D eigenvalue weighted by molar-refractivity contribution is 0.461. The number of benzene rings is 1. The van der Waals surface area contributed by atoms with Gasteiger partial charge < -0.3 is 5.73 Å². The highest BCUT2D eigenvalue weighted by Crippen LogP contribution is 2.31. The Bertz CT molecular complexity index is 562. The van der Waals surface area contributed by atoms with Crippen molar-refractivity contribution in [3.8, 4) is 0 Å². The summed E-state index contributed by atoms with van der Waals surface area (Å²) in [4.78, 5) is 0. The molecule has 0 saturated heterocycles. The van der Waals surface area contributed by atoms with Gasteiger partial charge in [-0.3, -0.25) is 4.31 Å². The van der Waals surface area contributed by atoms with E-state index in [0.29, 0.717) is 38.2 Å². The zero-order valence-electron chi connectivity index (χ0n) is 10.8. The maximum absolute atomic E-state index is 13.3. The monoisotopic (exact) mass is 287 g/mol. The van der Waals surface area contributed by atoms with Crippen LogP contribution in [0.3, 0.4) is 0 Å². The minimum Gasteiger partial charge on any atom is -0.330 e. The van der Waals surface area contributed by atoms with Crippen LogP contribution in [0.1, 0.15) is 12.0 Å². The van der Waals surface area contributed by atoms with E-state index in [1.54, 1.807) is 6.07 Å². The van der Waals surface area contributed by atoms with Crippen molar-refractivity contribution in [2.24, 2.45) is 5.73 Å². The smallest absolute Gasteiger partial charge is 0.303 e. The molecule has 0 bridgehead atoms. The van der Waals surface area contributed by atoms with Crippen molar-refractivity contribution >= 4 is 15.9 Å². The van der Waals surface area contributed by atoms with Crippen molar-refractivity contribution in [3.05, 3.63) is 29.6 Å². The molecule has 1 aromatic carbocycles. The van der Waals surface area contributed by atoms with Gasteiger partial charge in [-0.25, -0.2) is 4.39 Å². The van der Waals surface area contributed by atoms with Gasteiger partial charge in [-0.2, -0.15) is 12.7 Å². The van der Waals surface area contributed by atoms with E-state index in [4.69, 9.17) is 5.73 Å². The molecule has 1 heterocycles. The topological polar surface area (TPSA) is 66.6 Å². The van der Waals surface area contributed by atoms with Crippen LogP contribution in [0.4, 0.5) is 10.1 Å². The van der Waals surface area contributed by atoms with Crippen molar-refractivity contribution in [1.29, 1.82) is 0 Å². The van der Waals surface area contributed by atoms with Crippen molar-refractivity contribution in [1.82, 2.24) is 4.31 Å². The van der Waals surface area contributed by atoms with Crippen molar-refractivity contribution < 1.29 is 12.8 Å². The molecular weight excluding hydrogens is 269 g/mol. The lowest BCUT2D eigenvalue weighted by Crippen LogP contribution is -2.41. The molecule has 0 amide bonds. The lowest BCUT2D eigenvalue weighted by atomic mass is 10.2. The maximum Gasteiger partial charge on any atom is 0.303 e. The summed E-state index contributed by atoms with van der Waals surface area (Å²) in [6.45, 7) is 1.15. The first-order chi connectivity index (χ1) is 8.96. The second kappa shape index (κ2) is 5.44. The zero-order chi connectivity index (χ0) is 14.0. The highest BCUT2D eigenvalue weighted by atomic mass is 32.2. The van der Waals surface area contributed by atoms with E-state index in [0.717, 1.165) is 5.56 Å². The minimum atomic E-state index is -3.60. The number of fused-ring (bicyclic) bond motifs is 1. The van der Waals surface area contributed by atoms with Crippen molar-refractivity contribution in [2.45, 2.75) is 12.8 Å². The summed E-state index contributed by atoms with van der Waals surface area (Å²) in [6, 6.07) is 4.27. The number of nitrogens with zero attached hydrogens (tertiary/aromatic N) is 2. The fourth-order valence-corrected chi connectivity index (χ4v) is 3.60. The van der Waals surface area contributed by atoms with Gasteiger partial charge in [0.05, 0.1) is 5.69 Å². The Kier molecular flexibility index (Phi) is 4.07. The van der Waals surface area contributed by atoms with Gasteiger partial charge in [0.25, 0.3) is 0 Å². The van der Waals surface area contributed by atoms with Gasteiger partial charge in [-0.15, -0.1) is 0 Å². The molecule has 0 aliphatic carbocycles. The molecule has 0 saturated carbocycles. The predicted octanol–water partition coefficient (Wildman–Crippen LogP) is 0.714. The molecule has 1 aliphatic heterocycles. The molecule has 7 heteroatoms. The van der Waals surface area contributed by atoms with Crippen LogP contribution in [0.25, 0.3) is 0 Å². The number of halogens is 1. The number of anilines is 1. The van der Waals surface area contributed by atoms with Crippen LogP contribution in [-0.4, -0.2) is 39.4 Å². The van der Waals surface area contributed by atoms with Crippen LogP contribution >= 0.6 is 0 Å². The average molecular weight is 287 g/mol. The van der Waals surface area contributed by atoms with Gasteiger partial charge in [0.15, 0.2) is 0 Å². The Hall–Kier alpha value is -1.18. The molecule has 19 heavy (non-hydrogen) atoms. The summed E-state index contributed by atoms with van der Waals surface area (Å²) < 4.78 is 40.6. The van der Waals surface area contributed by atoms with Crippen molar-refractivity contribution in [2.75, 3.05) is 31.0 Å². The summed E-state index contributed by atoms with van der Waals surface area (Å²) in [7, 11) is -2.08. The third-order valence-electron chi connectivity index (χ3n) is 3.25. The Labute approximate surface area is 113 Å². The number of rotatable bonds is 5. The largest absolute Gasteiger partial charge is 0.330 e. The van der Waals surface area contributed by atoms with E-state index >= 15 is 0 Å². The van der Waals surface area contributed by atoms with Crippen LogP contribution in [0.2, 0.25) is 0 Å². The van der Waals surface area contributed by atoms with Gasteiger partial charge >= 0.3 is 10.2 Å². The van der Waals surface area contributed by atoms with Crippen LogP contribution in [-0.2, 0) is 16.6 Å². The summed E-state index contributed by atoms with van der Waals surface area (Å²) in [5.74, 6) is -0.425. The first kappa shape index (κ1) is 14.2. The highest BCUT2D eigenvalue weighted by Gasteiger charge is 2.32. The molecule has 0 spiro atoms. The molecule has 1 aliphatic rings. The molecule has 0 aromatic heterocycles. The first-order valence-electron chi connectivity index (χ1n) is 6.19. The zero-order valence-corrected chi connectivity index (χ0v) is 11.7. The van der Waals surface area contributed by atoms with Crippen LogP contribution < -0.4 is 10.0 Å². The molecule has 0 unspecified atom stereocenters. The normalized spacial score (nSPS) is 15.1. The van der Waals surface area contributed by atoms with Gasteiger partial charge in [0.1, 0.15) is 5.82 Å². The number of hydrogen-bond acceptors (Lipinski definition) is 3. The van der Waals surface area contributed by atoms with E-state index in [2.05, 4.69) is 0 Å². The Morgan fingerprint density at radius 2 is 2.21 bits per heavy atom. The van der Waals surface area contributed by atoms with Gasteiger partial charge in [-0.1, -0.05) is 6.07 Å². The molecule has 2 rings (SSSR count). The van der Waals surface area contributed by atoms with Crippen LogP contribution in [0.5, 0.6) is 0 Å². The molecule has 106 valence electrons. The van der Waals surface area contributed by atoms with E-state index in [1.807, 2.05) is 0 Å². The Morgan fingerprint density at radius 3 is 2.89 bits per heavy atom. The standard InChI is InChI=1S/C12H18FN3O2S/c1-15(7-2-6-14)19(17,18)16-8-5-10-3-4-11(13)9-12(10)16/h3-4,9H,2,5-8,14H2,1H3. The van der Waals surface area contributed by atoms with Gasteiger partial charge in [0.2, 0.25) is 0 Å². The number of nitrogens with two attached hydrogens (primary N) is 1. The second-order valence-corrected chi connectivity index (χ2v) is 6.53. The molecular formula is C12H18FN3O2S. The van der Waals surface area contributed by atoms with E-state index in [-0.39, 0.29) is 0 Å². The molecule has 0 atom stereocenters. The summed E-state index contributed by atoms with van der Waals surface area (Å²) in [5.41, 5.74) is 6.69. The molecule has 5 nitrogen and oxygen atoms in total. The maximum atomic E-state index is 13.3. The summed E-state index contributed by atoms with van der Waals surface area (Å²) in [6.07, 6.45) is 1.21. The SMILES string of the molecule is CN(CCCN)S(=O)(=O)N1CCc2ccc(F)cc21. The Morgan fingerprint density at radius 1 is 1.47 bits per heavy atom. The molecule has 1 aromatic rings. The predicted molar refractivity (Wildman–Crippen MR) is 72.7 cm³/mol. The summed E-state index contributed by atoms with van der Waals surface area (Å²) in [5, 5.41) is 0. The number of hydrogen-bond donors (Lipinski definition) is 1. The van der Waals surface area contributed by atoms with E-state index in [9.17, 15) is 12.8 Å². The second-order valence-electron chi connectivity index (χ2n) is 4.57. The van der Waals surface area contributed by atoms with Crippen molar-refractivity contribution in [3.63, 3.8) is 0 Å². The fraction of sp³-hybridized carbons (Fsp3) is 0.500. The van der Waals surface area contributed by atoms with E-state index < -0.39 is 16.0 Å². The third kappa shape index (κ3) is 2.72. The quantitative estimate of drug-likeness (QED) is 0.867. The highest BCUT2D eigenvalue weighted by molar-refractivity contribution is 7.90. The first-order valence-corrected chi connectivity index (χ1v) is 7.59. The summed E-state index contributed by atoms with van der Waals surface area (Å²) >= 11 is 0. The lowest BCUT2D eigenvalue weighted by Gasteiger charge is -2.26. The van der Waals surface area contributed by atoms with Crippen LogP contribution in [0, 0.1) is 5.82 Å². The minimum absolute atomic E-state index is 0.355. The third-order valence-corrected chi connectivity index (χ3v) is 5.16. The fourth-order valence-electron chi connectivity index (χ4n) is 2.16. The van der Waals surface area contributed by atoms with Gasteiger partial charge in [0, 0.05) is 20.1 Å². The molecule has 0 radical (unpaired) electrons. The molecule has 2 N–H and O–H groups in total.